The van der Waals surface area contributed by atoms with Gasteiger partial charge in [-0.2, -0.15) is 13.2 Å². The fourth-order valence-corrected chi connectivity index (χ4v) is 5.53. The summed E-state index contributed by atoms with van der Waals surface area (Å²) in [5, 5.41) is 0. The molecule has 5 nitrogen and oxygen atoms in total. The van der Waals surface area contributed by atoms with E-state index in [1.807, 2.05) is 60.7 Å². The van der Waals surface area contributed by atoms with E-state index in [-0.39, 0.29) is 18.4 Å². The first-order valence-electron chi connectivity index (χ1n) is 13.1. The maximum Gasteiger partial charge on any atom is 0.416 e. The second-order valence-corrected chi connectivity index (χ2v) is 10.4. The molecule has 2 amide bonds. The highest BCUT2D eigenvalue weighted by Crippen LogP contribution is 2.38. The summed E-state index contributed by atoms with van der Waals surface area (Å²) in [6.07, 6.45) is -3.16. The van der Waals surface area contributed by atoms with Gasteiger partial charge in [0.25, 0.3) is 0 Å². The number of amides is 2. The normalized spacial score (nSPS) is 16.4. The number of hydrogen-bond donors (Lipinski definition) is 1. The lowest BCUT2D eigenvalue weighted by Crippen LogP contribution is -2.53. The Morgan fingerprint density at radius 1 is 0.974 bits per heavy atom. The molecule has 39 heavy (non-hydrogen) atoms. The van der Waals surface area contributed by atoms with Crippen molar-refractivity contribution in [2.24, 2.45) is 5.73 Å². The predicted molar refractivity (Wildman–Crippen MR) is 145 cm³/mol. The van der Waals surface area contributed by atoms with Gasteiger partial charge in [0.15, 0.2) is 0 Å². The molecule has 1 aliphatic rings. The first kappa shape index (κ1) is 28.4. The van der Waals surface area contributed by atoms with Gasteiger partial charge >= 0.3 is 6.18 Å². The summed E-state index contributed by atoms with van der Waals surface area (Å²) < 4.78 is 39.9. The fraction of sp³-hybridized carbons (Fsp3) is 0.355. The van der Waals surface area contributed by atoms with Gasteiger partial charge < -0.3 is 10.6 Å². The van der Waals surface area contributed by atoms with Crippen LogP contribution in [0, 0.1) is 6.92 Å². The van der Waals surface area contributed by atoms with E-state index < -0.39 is 23.2 Å². The fourth-order valence-electron chi connectivity index (χ4n) is 5.53. The van der Waals surface area contributed by atoms with E-state index in [4.69, 9.17) is 5.73 Å². The minimum atomic E-state index is -4.42. The molecule has 0 spiro atoms. The van der Waals surface area contributed by atoms with Crippen LogP contribution in [0.5, 0.6) is 0 Å². The minimum Gasteiger partial charge on any atom is -0.369 e. The molecular weight excluding hydrogens is 503 g/mol. The van der Waals surface area contributed by atoms with E-state index in [9.17, 15) is 22.8 Å². The molecule has 1 heterocycles. The molecule has 2 N–H and O–H groups in total. The lowest BCUT2D eigenvalue weighted by atomic mass is 9.72. The lowest BCUT2D eigenvalue weighted by Gasteiger charge is -2.43. The number of rotatable bonds is 8. The van der Waals surface area contributed by atoms with Gasteiger partial charge in [-0.25, -0.2) is 0 Å². The van der Waals surface area contributed by atoms with Crippen LogP contribution in [0.4, 0.5) is 13.2 Å². The van der Waals surface area contributed by atoms with Crippen LogP contribution in [-0.4, -0.2) is 48.3 Å². The second-order valence-electron chi connectivity index (χ2n) is 10.4. The lowest BCUT2D eigenvalue weighted by molar-refractivity contribution is -0.138. The molecule has 0 bridgehead atoms. The first-order chi connectivity index (χ1) is 18.5. The quantitative estimate of drug-likeness (QED) is 0.426. The third-order valence-electron chi connectivity index (χ3n) is 7.74. The largest absolute Gasteiger partial charge is 0.416 e. The van der Waals surface area contributed by atoms with E-state index in [1.165, 1.54) is 0 Å². The highest BCUT2D eigenvalue weighted by molar-refractivity contribution is 5.87. The molecule has 0 radical (unpaired) electrons. The number of likely N-dealkylation sites (N-methyl/N-ethyl adjacent to an activating group) is 1. The minimum absolute atomic E-state index is 0.142. The van der Waals surface area contributed by atoms with Crippen molar-refractivity contribution in [3.63, 3.8) is 0 Å². The van der Waals surface area contributed by atoms with E-state index in [2.05, 4.69) is 4.90 Å². The van der Waals surface area contributed by atoms with Crippen molar-refractivity contribution < 1.29 is 22.8 Å². The molecule has 1 fully saturated rings. The molecule has 1 unspecified atom stereocenters. The molecule has 8 heteroatoms. The van der Waals surface area contributed by atoms with Crippen molar-refractivity contribution in [3.05, 3.63) is 107 Å². The van der Waals surface area contributed by atoms with Crippen molar-refractivity contribution >= 4 is 11.8 Å². The number of nitrogens with zero attached hydrogens (tertiary/aromatic N) is 2. The van der Waals surface area contributed by atoms with Crippen molar-refractivity contribution in [2.75, 3.05) is 26.7 Å². The van der Waals surface area contributed by atoms with Gasteiger partial charge in [0, 0.05) is 26.7 Å². The van der Waals surface area contributed by atoms with Crippen molar-refractivity contribution in [3.8, 4) is 0 Å². The Morgan fingerprint density at radius 3 is 2.13 bits per heavy atom. The van der Waals surface area contributed by atoms with Crippen LogP contribution in [0.25, 0.3) is 0 Å². The summed E-state index contributed by atoms with van der Waals surface area (Å²) in [5.41, 5.74) is 7.21. The molecule has 4 rings (SSSR count). The number of carbonyl (C=O) groups is 2. The van der Waals surface area contributed by atoms with Crippen LogP contribution >= 0.6 is 0 Å². The molecule has 1 aliphatic heterocycles. The summed E-state index contributed by atoms with van der Waals surface area (Å²) in [7, 11) is 1.68. The maximum absolute atomic E-state index is 13.8. The molecule has 3 aromatic carbocycles. The molecular formula is C31H34F3N3O2. The van der Waals surface area contributed by atoms with E-state index >= 15 is 0 Å². The number of halogens is 3. The van der Waals surface area contributed by atoms with Crippen molar-refractivity contribution in [1.29, 1.82) is 0 Å². The number of hydrogen-bond acceptors (Lipinski definition) is 3. The highest BCUT2D eigenvalue weighted by atomic mass is 19.4. The van der Waals surface area contributed by atoms with Crippen LogP contribution in [0.3, 0.4) is 0 Å². The Labute approximate surface area is 227 Å². The monoisotopic (exact) mass is 537 g/mol. The summed E-state index contributed by atoms with van der Waals surface area (Å²) in [4.78, 5) is 30.1. The van der Waals surface area contributed by atoms with Gasteiger partial charge in [0.1, 0.15) is 6.04 Å². The Bertz CT molecular complexity index is 1290. The van der Waals surface area contributed by atoms with E-state index in [0.717, 1.165) is 23.3 Å². The number of carbonyl (C=O) groups excluding carboxylic acids is 2. The van der Waals surface area contributed by atoms with E-state index in [1.54, 1.807) is 24.9 Å². The molecule has 0 aliphatic carbocycles. The molecule has 3 aromatic rings. The number of benzene rings is 3. The zero-order valence-electron chi connectivity index (χ0n) is 22.2. The summed E-state index contributed by atoms with van der Waals surface area (Å²) in [5.74, 6) is -0.513. The van der Waals surface area contributed by atoms with Gasteiger partial charge in [-0.05, 0) is 55.0 Å². The van der Waals surface area contributed by atoms with Gasteiger partial charge in [0.05, 0.1) is 11.0 Å². The van der Waals surface area contributed by atoms with Crippen LogP contribution in [0.1, 0.15) is 46.7 Å². The van der Waals surface area contributed by atoms with Gasteiger partial charge in [0.2, 0.25) is 11.8 Å². The second kappa shape index (κ2) is 11.6. The molecule has 0 aromatic heterocycles. The number of nitrogens with two attached hydrogens (primary N) is 1. The predicted octanol–water partition coefficient (Wildman–Crippen LogP) is 5.28. The average Bonchev–Trinajstić information content (AvgIpc) is 2.92. The SMILES string of the molecule is Cc1cc(CCN(C)C(=O)C(c2ccccc2)N2CCC(C(N)=O)(c3ccccc3)CC2)cc(C(F)(F)F)c1. The molecule has 0 saturated carbocycles. The highest BCUT2D eigenvalue weighted by Gasteiger charge is 2.44. The summed E-state index contributed by atoms with van der Waals surface area (Å²) in [6, 6.07) is 22.4. The standard InChI is InChI=1S/C31H34F3N3O2/c1-22-19-23(21-26(20-22)31(32,33)34)13-16-36(2)28(38)27(24-9-5-3-6-10-24)37-17-14-30(15-18-37,29(35)39)25-11-7-4-8-12-25/h3-12,19-21,27H,13-18H2,1-2H3,(H2,35,39). The Hall–Kier alpha value is -3.65. The molecule has 1 atom stereocenters. The molecule has 206 valence electrons. The van der Waals surface area contributed by atoms with Crippen molar-refractivity contribution in [1.82, 2.24) is 9.80 Å². The Kier molecular flexibility index (Phi) is 8.45. The number of primary amides is 1. The smallest absolute Gasteiger partial charge is 0.369 e. The summed E-state index contributed by atoms with van der Waals surface area (Å²) >= 11 is 0. The van der Waals surface area contributed by atoms with Crippen LogP contribution in [0.15, 0.2) is 78.9 Å². The van der Waals surface area contributed by atoms with Crippen molar-refractivity contribution in [2.45, 2.75) is 43.8 Å². The zero-order chi connectivity index (χ0) is 28.2. The third kappa shape index (κ3) is 6.33. The third-order valence-corrected chi connectivity index (χ3v) is 7.74. The number of aryl methyl sites for hydroxylation is 1. The number of likely N-dealkylation sites (tertiary alicyclic amines) is 1. The summed E-state index contributed by atoms with van der Waals surface area (Å²) in [6.45, 7) is 2.89. The van der Waals surface area contributed by atoms with Crippen LogP contribution in [-0.2, 0) is 27.6 Å². The topological polar surface area (TPSA) is 66.6 Å². The number of piperidine rings is 1. The molecule has 1 saturated heterocycles. The van der Waals surface area contributed by atoms with Crippen LogP contribution < -0.4 is 5.73 Å². The Morgan fingerprint density at radius 2 is 1.56 bits per heavy atom. The first-order valence-corrected chi connectivity index (χ1v) is 13.1. The van der Waals surface area contributed by atoms with Gasteiger partial charge in [-0.15, -0.1) is 0 Å². The van der Waals surface area contributed by atoms with Gasteiger partial charge in [-0.3, -0.25) is 14.5 Å². The van der Waals surface area contributed by atoms with Gasteiger partial charge in [-0.1, -0.05) is 72.3 Å². The maximum atomic E-state index is 13.8. The Balaban J connectivity index is 1.52. The zero-order valence-corrected chi connectivity index (χ0v) is 22.2. The van der Waals surface area contributed by atoms with E-state index in [0.29, 0.717) is 43.5 Å². The van der Waals surface area contributed by atoms with Crippen LogP contribution in [0.2, 0.25) is 0 Å². The number of alkyl halides is 3. The average molecular weight is 538 g/mol.